The van der Waals surface area contributed by atoms with Crippen molar-refractivity contribution in [3.05, 3.63) is 42.0 Å². The normalized spacial score (nSPS) is 15.9. The van der Waals surface area contributed by atoms with Gasteiger partial charge in [0, 0.05) is 58.2 Å². The van der Waals surface area contributed by atoms with Gasteiger partial charge in [0.2, 0.25) is 0 Å². The summed E-state index contributed by atoms with van der Waals surface area (Å²) in [6, 6.07) is 6.08. The van der Waals surface area contributed by atoms with Crippen molar-refractivity contribution >= 4 is 5.91 Å². The topological polar surface area (TPSA) is 46.3 Å². The van der Waals surface area contributed by atoms with E-state index < -0.39 is 0 Å². The van der Waals surface area contributed by atoms with Crippen molar-refractivity contribution in [2.24, 2.45) is 0 Å². The first-order chi connectivity index (χ1) is 12.1. The fraction of sp³-hybridized carbons (Fsp3) is 0.579. The largest absolute Gasteiger partial charge is 0.353 e. The number of aromatic nitrogens is 3. The van der Waals surface area contributed by atoms with Crippen LogP contribution in [0.2, 0.25) is 0 Å². The standard InChI is InChI=1S/C19H29N5O/c1-4-24-18(15-17(20-24)16(2)3)19(25)23-13-11-22(12-14-23)10-9-21-7-5-6-8-21/h5-8,15-16H,4,9-14H2,1-3H3. The van der Waals surface area contributed by atoms with E-state index in [1.807, 2.05) is 22.6 Å². The average Bonchev–Trinajstić information content (AvgIpc) is 3.29. The molecule has 0 aliphatic carbocycles. The van der Waals surface area contributed by atoms with Gasteiger partial charge in [0.15, 0.2) is 0 Å². The molecule has 1 aliphatic rings. The van der Waals surface area contributed by atoms with Crippen molar-refractivity contribution < 1.29 is 4.79 Å². The minimum absolute atomic E-state index is 0.117. The van der Waals surface area contributed by atoms with Crippen molar-refractivity contribution in [2.45, 2.75) is 39.8 Å². The van der Waals surface area contributed by atoms with E-state index in [1.54, 1.807) is 0 Å². The molecule has 0 radical (unpaired) electrons. The third-order valence-corrected chi connectivity index (χ3v) is 4.91. The van der Waals surface area contributed by atoms with Crippen LogP contribution in [0.15, 0.2) is 30.6 Å². The second-order valence-corrected chi connectivity index (χ2v) is 6.98. The van der Waals surface area contributed by atoms with Gasteiger partial charge in [0.1, 0.15) is 5.69 Å². The molecule has 1 fully saturated rings. The van der Waals surface area contributed by atoms with Gasteiger partial charge in [-0.25, -0.2) is 0 Å². The summed E-state index contributed by atoms with van der Waals surface area (Å²) < 4.78 is 4.04. The summed E-state index contributed by atoms with van der Waals surface area (Å²) in [5, 5.41) is 4.57. The lowest BCUT2D eigenvalue weighted by molar-refractivity contribution is 0.0621. The van der Waals surface area contributed by atoms with Gasteiger partial charge in [-0.2, -0.15) is 5.10 Å². The van der Waals surface area contributed by atoms with Crippen molar-refractivity contribution in [1.29, 1.82) is 0 Å². The maximum absolute atomic E-state index is 12.9. The Morgan fingerprint density at radius 2 is 1.80 bits per heavy atom. The zero-order valence-electron chi connectivity index (χ0n) is 15.6. The molecular weight excluding hydrogens is 314 g/mol. The van der Waals surface area contributed by atoms with E-state index in [0.717, 1.165) is 57.2 Å². The van der Waals surface area contributed by atoms with Crippen molar-refractivity contribution in [3.63, 3.8) is 0 Å². The highest BCUT2D eigenvalue weighted by atomic mass is 16.2. The van der Waals surface area contributed by atoms with Gasteiger partial charge < -0.3 is 9.47 Å². The molecule has 2 aromatic heterocycles. The SMILES string of the molecule is CCn1nc(C(C)C)cc1C(=O)N1CCN(CCn2cccc2)CC1. The van der Waals surface area contributed by atoms with Gasteiger partial charge >= 0.3 is 0 Å². The fourth-order valence-corrected chi connectivity index (χ4v) is 3.24. The summed E-state index contributed by atoms with van der Waals surface area (Å²) >= 11 is 0. The van der Waals surface area contributed by atoms with Crippen LogP contribution in [0, 0.1) is 0 Å². The highest BCUT2D eigenvalue weighted by Crippen LogP contribution is 2.17. The molecule has 0 saturated carbocycles. The Balaban J connectivity index is 1.56. The van der Waals surface area contributed by atoms with Gasteiger partial charge in [-0.1, -0.05) is 13.8 Å². The molecule has 6 heteroatoms. The smallest absolute Gasteiger partial charge is 0.272 e. The first-order valence-electron chi connectivity index (χ1n) is 9.28. The number of aryl methyl sites for hydroxylation is 1. The van der Waals surface area contributed by atoms with Gasteiger partial charge in [-0.15, -0.1) is 0 Å². The maximum Gasteiger partial charge on any atom is 0.272 e. The molecule has 0 bridgehead atoms. The molecule has 1 amide bonds. The van der Waals surface area contributed by atoms with Gasteiger partial charge in [-0.05, 0) is 31.0 Å². The molecular formula is C19H29N5O. The summed E-state index contributed by atoms with van der Waals surface area (Å²) in [7, 11) is 0. The molecule has 0 spiro atoms. The van der Waals surface area contributed by atoms with E-state index >= 15 is 0 Å². The zero-order valence-corrected chi connectivity index (χ0v) is 15.6. The number of hydrogen-bond donors (Lipinski definition) is 0. The summed E-state index contributed by atoms with van der Waals surface area (Å²) in [5.74, 6) is 0.455. The molecule has 0 unspecified atom stereocenters. The van der Waals surface area contributed by atoms with Gasteiger partial charge in [0.05, 0.1) is 5.69 Å². The van der Waals surface area contributed by atoms with E-state index in [4.69, 9.17) is 0 Å². The van der Waals surface area contributed by atoms with E-state index in [9.17, 15) is 4.79 Å². The Morgan fingerprint density at radius 1 is 1.12 bits per heavy atom. The van der Waals surface area contributed by atoms with E-state index in [-0.39, 0.29) is 5.91 Å². The number of carbonyl (C=O) groups is 1. The molecule has 25 heavy (non-hydrogen) atoms. The predicted octanol–water partition coefficient (Wildman–Crippen LogP) is 2.29. The van der Waals surface area contributed by atoms with Crippen LogP contribution in [0.4, 0.5) is 0 Å². The second-order valence-electron chi connectivity index (χ2n) is 6.98. The average molecular weight is 343 g/mol. The first kappa shape index (κ1) is 17.7. The van der Waals surface area contributed by atoms with Crippen LogP contribution >= 0.6 is 0 Å². The lowest BCUT2D eigenvalue weighted by atomic mass is 10.1. The van der Waals surface area contributed by atoms with Crippen LogP contribution in [0.5, 0.6) is 0 Å². The number of piperazine rings is 1. The fourth-order valence-electron chi connectivity index (χ4n) is 3.24. The van der Waals surface area contributed by atoms with Crippen LogP contribution in [-0.2, 0) is 13.1 Å². The molecule has 1 aliphatic heterocycles. The molecule has 6 nitrogen and oxygen atoms in total. The third kappa shape index (κ3) is 4.12. The number of hydrogen-bond acceptors (Lipinski definition) is 3. The number of carbonyl (C=O) groups excluding carboxylic acids is 1. The minimum Gasteiger partial charge on any atom is -0.353 e. The van der Waals surface area contributed by atoms with Crippen molar-refractivity contribution in [2.75, 3.05) is 32.7 Å². The van der Waals surface area contributed by atoms with Crippen molar-refractivity contribution in [1.82, 2.24) is 24.1 Å². The molecule has 3 heterocycles. The van der Waals surface area contributed by atoms with E-state index in [0.29, 0.717) is 5.92 Å². The Labute approximate surface area is 150 Å². The van der Waals surface area contributed by atoms with Crippen LogP contribution in [0.1, 0.15) is 42.9 Å². The predicted molar refractivity (Wildman–Crippen MR) is 98.8 cm³/mol. The highest BCUT2D eigenvalue weighted by Gasteiger charge is 2.25. The summed E-state index contributed by atoms with van der Waals surface area (Å²) in [4.78, 5) is 17.3. The second kappa shape index (κ2) is 7.87. The zero-order chi connectivity index (χ0) is 17.8. The lowest BCUT2D eigenvalue weighted by Gasteiger charge is -2.34. The molecule has 2 aromatic rings. The number of nitrogens with zero attached hydrogens (tertiary/aromatic N) is 5. The first-order valence-corrected chi connectivity index (χ1v) is 9.28. The number of amides is 1. The molecule has 0 atom stereocenters. The highest BCUT2D eigenvalue weighted by molar-refractivity contribution is 5.92. The summed E-state index contributed by atoms with van der Waals surface area (Å²) in [5.41, 5.74) is 1.72. The van der Waals surface area contributed by atoms with Crippen LogP contribution in [0.25, 0.3) is 0 Å². The molecule has 1 saturated heterocycles. The van der Waals surface area contributed by atoms with E-state index in [2.05, 4.69) is 52.9 Å². The summed E-state index contributed by atoms with van der Waals surface area (Å²) in [6.07, 6.45) is 4.19. The van der Waals surface area contributed by atoms with Crippen molar-refractivity contribution in [3.8, 4) is 0 Å². The Morgan fingerprint density at radius 3 is 2.40 bits per heavy atom. The minimum atomic E-state index is 0.117. The molecule has 3 rings (SSSR count). The molecule has 0 aromatic carbocycles. The lowest BCUT2D eigenvalue weighted by Crippen LogP contribution is -2.49. The van der Waals surface area contributed by atoms with Crippen LogP contribution in [0.3, 0.4) is 0 Å². The Bertz CT molecular complexity index is 681. The van der Waals surface area contributed by atoms with E-state index in [1.165, 1.54) is 0 Å². The Kier molecular flexibility index (Phi) is 5.58. The van der Waals surface area contributed by atoms with Gasteiger partial charge in [0.25, 0.3) is 5.91 Å². The van der Waals surface area contributed by atoms with Crippen LogP contribution in [-0.4, -0.2) is 62.8 Å². The quantitative estimate of drug-likeness (QED) is 0.808. The number of rotatable bonds is 6. The molecule has 136 valence electrons. The Hall–Kier alpha value is -2.08. The molecule has 0 N–H and O–H groups in total. The summed E-state index contributed by atoms with van der Waals surface area (Å²) in [6.45, 7) is 12.5. The monoisotopic (exact) mass is 343 g/mol. The van der Waals surface area contributed by atoms with Gasteiger partial charge in [-0.3, -0.25) is 14.4 Å². The third-order valence-electron chi connectivity index (χ3n) is 4.91. The maximum atomic E-state index is 12.9. The van der Waals surface area contributed by atoms with Crippen LogP contribution < -0.4 is 0 Å².